The summed E-state index contributed by atoms with van der Waals surface area (Å²) in [4.78, 5) is 24.6. The standard InChI is InChI=1S/C18H29N5O2.ClH/c1-18(12-19,14-7-8-14)22-17(25)13-9-20-23(10-13)11-16(24)21-15-5-3-2-4-6-15;/h9-10,14-15H,2-8,11-12,19H2,1H3,(H,21,24)(H,22,25);1H. The quantitative estimate of drug-likeness (QED) is 0.665. The van der Waals surface area contributed by atoms with E-state index in [0.717, 1.165) is 25.7 Å². The first-order chi connectivity index (χ1) is 12.0. The Bertz CT molecular complexity index is 625. The Kier molecular flexibility index (Phi) is 7.06. The molecule has 2 aliphatic carbocycles. The SMILES string of the molecule is CC(CN)(NC(=O)c1cnn(CC(=O)NC2CCCCC2)c1)C1CC1.Cl. The summed E-state index contributed by atoms with van der Waals surface area (Å²) < 4.78 is 1.52. The highest BCUT2D eigenvalue weighted by Crippen LogP contribution is 2.39. The van der Waals surface area contributed by atoms with Crippen LogP contribution in [0.2, 0.25) is 0 Å². The van der Waals surface area contributed by atoms with E-state index in [1.165, 1.54) is 30.1 Å². The summed E-state index contributed by atoms with van der Waals surface area (Å²) in [6, 6.07) is 0.281. The first kappa shape index (κ1) is 20.7. The fraction of sp³-hybridized carbons (Fsp3) is 0.722. The van der Waals surface area contributed by atoms with Crippen molar-refractivity contribution in [1.82, 2.24) is 20.4 Å². The van der Waals surface area contributed by atoms with Gasteiger partial charge in [0.1, 0.15) is 6.54 Å². The van der Waals surface area contributed by atoms with Crippen LogP contribution in [0.4, 0.5) is 0 Å². The number of carbonyl (C=O) groups excluding carboxylic acids is 2. The number of nitrogens with one attached hydrogen (secondary N) is 2. The molecule has 1 unspecified atom stereocenters. The summed E-state index contributed by atoms with van der Waals surface area (Å²) in [6.07, 6.45) is 11.1. The summed E-state index contributed by atoms with van der Waals surface area (Å²) in [5, 5.41) is 10.2. The van der Waals surface area contributed by atoms with Gasteiger partial charge in [-0.15, -0.1) is 12.4 Å². The van der Waals surface area contributed by atoms with Gasteiger partial charge in [-0.1, -0.05) is 19.3 Å². The molecule has 1 heterocycles. The van der Waals surface area contributed by atoms with Crippen LogP contribution in [0.1, 0.15) is 62.2 Å². The molecule has 2 fully saturated rings. The molecule has 8 heteroatoms. The van der Waals surface area contributed by atoms with Crippen LogP contribution in [-0.2, 0) is 11.3 Å². The molecule has 7 nitrogen and oxygen atoms in total. The van der Waals surface area contributed by atoms with Crippen LogP contribution in [0.5, 0.6) is 0 Å². The van der Waals surface area contributed by atoms with Crippen molar-refractivity contribution in [3.63, 3.8) is 0 Å². The van der Waals surface area contributed by atoms with Gasteiger partial charge in [-0.2, -0.15) is 5.10 Å². The second kappa shape index (κ2) is 8.86. The molecule has 4 N–H and O–H groups in total. The maximum absolute atomic E-state index is 12.4. The molecular formula is C18H30ClN5O2. The Balaban J connectivity index is 0.00000243. The summed E-state index contributed by atoms with van der Waals surface area (Å²) in [7, 11) is 0. The molecule has 2 amide bonds. The fourth-order valence-electron chi connectivity index (χ4n) is 3.61. The number of halogens is 1. The van der Waals surface area contributed by atoms with Crippen LogP contribution >= 0.6 is 12.4 Å². The molecule has 0 radical (unpaired) electrons. The molecule has 146 valence electrons. The maximum atomic E-state index is 12.4. The minimum absolute atomic E-state index is 0. The molecule has 0 spiro atoms. The molecule has 3 rings (SSSR count). The number of nitrogens with zero attached hydrogens (tertiary/aromatic N) is 2. The van der Waals surface area contributed by atoms with Gasteiger partial charge >= 0.3 is 0 Å². The first-order valence-corrected chi connectivity index (χ1v) is 9.34. The van der Waals surface area contributed by atoms with Crippen LogP contribution in [0, 0.1) is 5.92 Å². The second-order valence-corrected chi connectivity index (χ2v) is 7.68. The normalized spacial score (nSPS) is 19.9. The summed E-state index contributed by atoms with van der Waals surface area (Å²) >= 11 is 0. The topological polar surface area (TPSA) is 102 Å². The van der Waals surface area contributed by atoms with Crippen molar-refractivity contribution in [2.45, 2.75) is 70.0 Å². The highest BCUT2D eigenvalue weighted by atomic mass is 35.5. The molecule has 0 bridgehead atoms. The van der Waals surface area contributed by atoms with E-state index in [2.05, 4.69) is 15.7 Å². The van der Waals surface area contributed by atoms with E-state index in [-0.39, 0.29) is 42.3 Å². The maximum Gasteiger partial charge on any atom is 0.254 e. The van der Waals surface area contributed by atoms with Gasteiger partial charge in [0.2, 0.25) is 5.91 Å². The third-order valence-electron chi connectivity index (χ3n) is 5.47. The lowest BCUT2D eigenvalue weighted by Crippen LogP contribution is -2.53. The summed E-state index contributed by atoms with van der Waals surface area (Å²) in [5.41, 5.74) is 5.95. The van der Waals surface area contributed by atoms with Crippen LogP contribution < -0.4 is 16.4 Å². The van der Waals surface area contributed by atoms with Crippen molar-refractivity contribution in [2.24, 2.45) is 11.7 Å². The smallest absolute Gasteiger partial charge is 0.254 e. The highest BCUT2D eigenvalue weighted by molar-refractivity contribution is 5.94. The minimum atomic E-state index is -0.364. The minimum Gasteiger partial charge on any atom is -0.352 e. The third kappa shape index (κ3) is 5.20. The largest absolute Gasteiger partial charge is 0.352 e. The number of aromatic nitrogens is 2. The zero-order valence-corrected chi connectivity index (χ0v) is 16.2. The van der Waals surface area contributed by atoms with Gasteiger partial charge in [-0.3, -0.25) is 14.3 Å². The van der Waals surface area contributed by atoms with Crippen LogP contribution in [0.3, 0.4) is 0 Å². The number of amides is 2. The van der Waals surface area contributed by atoms with Crippen LogP contribution in [0.15, 0.2) is 12.4 Å². The second-order valence-electron chi connectivity index (χ2n) is 7.68. The fourth-order valence-corrected chi connectivity index (χ4v) is 3.61. The Hall–Kier alpha value is -1.60. The monoisotopic (exact) mass is 383 g/mol. The molecule has 0 aliphatic heterocycles. The molecule has 2 aliphatic rings. The molecule has 1 aromatic rings. The van der Waals surface area contributed by atoms with Crippen molar-refractivity contribution < 1.29 is 9.59 Å². The van der Waals surface area contributed by atoms with Crippen molar-refractivity contribution in [1.29, 1.82) is 0 Å². The van der Waals surface area contributed by atoms with E-state index >= 15 is 0 Å². The molecular weight excluding hydrogens is 354 g/mol. The first-order valence-electron chi connectivity index (χ1n) is 9.34. The Labute approximate surface area is 160 Å². The Morgan fingerprint density at radius 1 is 1.27 bits per heavy atom. The number of carbonyl (C=O) groups is 2. The highest BCUT2D eigenvalue weighted by Gasteiger charge is 2.41. The summed E-state index contributed by atoms with van der Waals surface area (Å²) in [5.74, 6) is 0.225. The van der Waals surface area contributed by atoms with E-state index in [1.54, 1.807) is 6.20 Å². The lowest BCUT2D eigenvalue weighted by Gasteiger charge is -2.29. The van der Waals surface area contributed by atoms with Gasteiger partial charge in [0.25, 0.3) is 5.91 Å². The number of hydrogen-bond acceptors (Lipinski definition) is 4. The molecule has 1 aromatic heterocycles. The zero-order valence-electron chi connectivity index (χ0n) is 15.4. The average molecular weight is 384 g/mol. The molecule has 2 saturated carbocycles. The van der Waals surface area contributed by atoms with Gasteiger partial charge < -0.3 is 16.4 Å². The van der Waals surface area contributed by atoms with E-state index in [9.17, 15) is 9.59 Å². The van der Waals surface area contributed by atoms with Crippen molar-refractivity contribution in [3.8, 4) is 0 Å². The van der Waals surface area contributed by atoms with Gasteiger partial charge in [0, 0.05) is 18.8 Å². The van der Waals surface area contributed by atoms with Gasteiger partial charge in [0.15, 0.2) is 0 Å². The predicted octanol–water partition coefficient (Wildman–Crippen LogP) is 1.61. The number of rotatable bonds is 7. The summed E-state index contributed by atoms with van der Waals surface area (Å²) in [6.45, 7) is 2.55. The number of nitrogens with two attached hydrogens (primary N) is 1. The van der Waals surface area contributed by atoms with Gasteiger partial charge in [-0.05, 0) is 38.5 Å². The van der Waals surface area contributed by atoms with Crippen LogP contribution in [-0.4, -0.2) is 39.7 Å². The van der Waals surface area contributed by atoms with E-state index in [0.29, 0.717) is 18.0 Å². The van der Waals surface area contributed by atoms with Crippen molar-refractivity contribution in [3.05, 3.63) is 18.0 Å². The number of hydrogen-bond donors (Lipinski definition) is 3. The zero-order chi connectivity index (χ0) is 17.9. The van der Waals surface area contributed by atoms with Crippen LogP contribution in [0.25, 0.3) is 0 Å². The third-order valence-corrected chi connectivity index (χ3v) is 5.47. The van der Waals surface area contributed by atoms with E-state index < -0.39 is 0 Å². The molecule has 0 aromatic carbocycles. The Morgan fingerprint density at radius 3 is 2.58 bits per heavy atom. The predicted molar refractivity (Wildman–Crippen MR) is 102 cm³/mol. The lowest BCUT2D eigenvalue weighted by atomic mass is 9.95. The van der Waals surface area contributed by atoms with Gasteiger partial charge in [0.05, 0.1) is 17.3 Å². The molecule has 1 atom stereocenters. The van der Waals surface area contributed by atoms with E-state index in [4.69, 9.17) is 5.73 Å². The van der Waals surface area contributed by atoms with Crippen molar-refractivity contribution in [2.75, 3.05) is 6.54 Å². The van der Waals surface area contributed by atoms with E-state index in [1.807, 2.05) is 6.92 Å². The lowest BCUT2D eigenvalue weighted by molar-refractivity contribution is -0.122. The Morgan fingerprint density at radius 2 is 1.96 bits per heavy atom. The van der Waals surface area contributed by atoms with Gasteiger partial charge in [-0.25, -0.2) is 0 Å². The molecule has 0 saturated heterocycles. The van der Waals surface area contributed by atoms with Crippen molar-refractivity contribution >= 4 is 24.2 Å². The average Bonchev–Trinajstić information content (AvgIpc) is 3.36. The molecule has 26 heavy (non-hydrogen) atoms.